The van der Waals surface area contributed by atoms with Gasteiger partial charge in [-0.3, -0.25) is 9.48 Å². The van der Waals surface area contributed by atoms with E-state index < -0.39 is 0 Å². The first-order valence-electron chi connectivity index (χ1n) is 7.94. The maximum Gasteiger partial charge on any atom is 0.272 e. The van der Waals surface area contributed by atoms with Gasteiger partial charge in [0.1, 0.15) is 5.69 Å². The second-order valence-corrected chi connectivity index (χ2v) is 7.47. The van der Waals surface area contributed by atoms with E-state index in [1.165, 1.54) is 12.8 Å². The van der Waals surface area contributed by atoms with Crippen molar-refractivity contribution in [3.05, 3.63) is 17.5 Å². The Morgan fingerprint density at radius 2 is 2.00 bits per heavy atom. The molecule has 2 atom stereocenters. The first kappa shape index (κ1) is 14.6. The third-order valence-electron chi connectivity index (χ3n) is 4.68. The van der Waals surface area contributed by atoms with Crippen LogP contribution in [0.5, 0.6) is 0 Å². The second-order valence-electron chi connectivity index (χ2n) is 7.47. The first-order valence-corrected chi connectivity index (χ1v) is 7.94. The van der Waals surface area contributed by atoms with Gasteiger partial charge in [0, 0.05) is 37.6 Å². The summed E-state index contributed by atoms with van der Waals surface area (Å²) in [4.78, 5) is 14.8. The van der Waals surface area contributed by atoms with Crippen molar-refractivity contribution in [3.63, 3.8) is 0 Å². The minimum Gasteiger partial charge on any atom is -0.336 e. The summed E-state index contributed by atoms with van der Waals surface area (Å²) in [5, 5.41) is 8.14. The van der Waals surface area contributed by atoms with E-state index in [0.29, 0.717) is 17.8 Å². The van der Waals surface area contributed by atoms with Gasteiger partial charge in [0.05, 0.1) is 5.69 Å². The summed E-state index contributed by atoms with van der Waals surface area (Å²) in [6, 6.07) is 3.03. The zero-order valence-corrected chi connectivity index (χ0v) is 13.5. The zero-order valence-electron chi connectivity index (χ0n) is 13.5. The Kier molecular flexibility index (Phi) is 3.56. The minimum absolute atomic E-state index is 0.0320. The molecule has 3 heterocycles. The monoisotopic (exact) mass is 290 g/mol. The molecule has 0 saturated carbocycles. The van der Waals surface area contributed by atoms with E-state index in [-0.39, 0.29) is 11.3 Å². The molecule has 5 nitrogen and oxygen atoms in total. The fraction of sp³-hybridized carbons (Fsp3) is 0.750. The summed E-state index contributed by atoms with van der Waals surface area (Å²) in [5.41, 5.74) is 1.65. The number of likely N-dealkylation sites (tertiary alicyclic amines) is 1. The number of aryl methyl sites for hydroxylation is 1. The van der Waals surface area contributed by atoms with Gasteiger partial charge in [-0.2, -0.15) is 5.10 Å². The van der Waals surface area contributed by atoms with Crippen LogP contribution in [0.2, 0.25) is 0 Å². The van der Waals surface area contributed by atoms with Crippen LogP contribution in [0.15, 0.2) is 6.07 Å². The van der Waals surface area contributed by atoms with E-state index in [1.807, 2.05) is 18.0 Å². The van der Waals surface area contributed by atoms with Crippen molar-refractivity contribution in [1.29, 1.82) is 0 Å². The van der Waals surface area contributed by atoms with Crippen LogP contribution in [0.4, 0.5) is 0 Å². The van der Waals surface area contributed by atoms with Crippen molar-refractivity contribution in [1.82, 2.24) is 20.0 Å². The highest BCUT2D eigenvalue weighted by Gasteiger charge is 2.32. The van der Waals surface area contributed by atoms with Crippen LogP contribution in [0, 0.1) is 0 Å². The van der Waals surface area contributed by atoms with Crippen LogP contribution in [-0.2, 0) is 12.5 Å². The fourth-order valence-electron chi connectivity index (χ4n) is 3.32. The molecular weight excluding hydrogens is 264 g/mol. The minimum atomic E-state index is -0.0320. The molecule has 21 heavy (non-hydrogen) atoms. The van der Waals surface area contributed by atoms with E-state index in [9.17, 15) is 4.79 Å². The van der Waals surface area contributed by atoms with E-state index in [0.717, 1.165) is 25.2 Å². The zero-order chi connectivity index (χ0) is 15.2. The second kappa shape index (κ2) is 5.13. The third kappa shape index (κ3) is 2.84. The number of fused-ring (bicyclic) bond motifs is 2. The SMILES string of the molecule is Cn1nc(C(C)(C)C)cc1C(=O)N1CCC2CCC(C1)N2. The molecule has 1 aromatic heterocycles. The lowest BCUT2D eigenvalue weighted by molar-refractivity contribution is 0.0737. The maximum absolute atomic E-state index is 12.8. The van der Waals surface area contributed by atoms with Crippen LogP contribution in [0.3, 0.4) is 0 Å². The first-order chi connectivity index (χ1) is 9.84. The van der Waals surface area contributed by atoms with Crippen LogP contribution in [0.1, 0.15) is 56.2 Å². The van der Waals surface area contributed by atoms with Gasteiger partial charge in [-0.25, -0.2) is 0 Å². The number of carbonyl (C=O) groups excluding carboxylic acids is 1. The Balaban J connectivity index is 1.80. The quantitative estimate of drug-likeness (QED) is 0.856. The summed E-state index contributed by atoms with van der Waals surface area (Å²) in [5.74, 6) is 0.120. The van der Waals surface area contributed by atoms with Gasteiger partial charge in [-0.15, -0.1) is 0 Å². The highest BCUT2D eigenvalue weighted by atomic mass is 16.2. The van der Waals surface area contributed by atoms with Crippen LogP contribution in [-0.4, -0.2) is 45.8 Å². The van der Waals surface area contributed by atoms with E-state index in [1.54, 1.807) is 4.68 Å². The van der Waals surface area contributed by atoms with Gasteiger partial charge in [-0.1, -0.05) is 20.8 Å². The Morgan fingerprint density at radius 1 is 1.29 bits per heavy atom. The molecule has 2 saturated heterocycles. The summed E-state index contributed by atoms with van der Waals surface area (Å²) in [6.45, 7) is 8.05. The molecule has 2 aliphatic rings. The normalized spacial score (nSPS) is 26.0. The summed E-state index contributed by atoms with van der Waals surface area (Å²) < 4.78 is 1.74. The van der Waals surface area contributed by atoms with E-state index >= 15 is 0 Å². The number of hydrogen-bond acceptors (Lipinski definition) is 3. The highest BCUT2D eigenvalue weighted by Crippen LogP contribution is 2.24. The fourth-order valence-corrected chi connectivity index (χ4v) is 3.32. The van der Waals surface area contributed by atoms with Crippen LogP contribution < -0.4 is 5.32 Å². The molecule has 0 radical (unpaired) electrons. The van der Waals surface area contributed by atoms with Crippen molar-refractivity contribution in [2.75, 3.05) is 13.1 Å². The lowest BCUT2D eigenvalue weighted by atomic mass is 9.92. The molecule has 3 rings (SSSR count). The third-order valence-corrected chi connectivity index (χ3v) is 4.68. The maximum atomic E-state index is 12.8. The Bertz CT molecular complexity index is 543. The number of nitrogens with zero attached hydrogens (tertiary/aromatic N) is 3. The average molecular weight is 290 g/mol. The lowest BCUT2D eigenvalue weighted by Gasteiger charge is -2.24. The van der Waals surface area contributed by atoms with Gasteiger partial charge in [0.25, 0.3) is 5.91 Å². The molecule has 0 aliphatic carbocycles. The molecule has 1 amide bonds. The molecule has 0 spiro atoms. The van der Waals surface area contributed by atoms with Crippen molar-refractivity contribution < 1.29 is 4.79 Å². The number of amides is 1. The molecule has 1 aromatic rings. The average Bonchev–Trinajstić information content (AvgIpc) is 2.91. The van der Waals surface area contributed by atoms with E-state index in [2.05, 4.69) is 31.2 Å². The predicted octanol–water partition coefficient (Wildman–Crippen LogP) is 1.68. The van der Waals surface area contributed by atoms with Crippen molar-refractivity contribution in [2.45, 2.75) is 57.5 Å². The van der Waals surface area contributed by atoms with Gasteiger partial charge in [-0.05, 0) is 25.3 Å². The molecule has 2 bridgehead atoms. The molecule has 2 fully saturated rings. The van der Waals surface area contributed by atoms with Gasteiger partial charge in [0.15, 0.2) is 0 Å². The molecule has 0 aromatic carbocycles. The van der Waals surface area contributed by atoms with Crippen molar-refractivity contribution in [3.8, 4) is 0 Å². The van der Waals surface area contributed by atoms with Gasteiger partial charge < -0.3 is 10.2 Å². The predicted molar refractivity (Wildman–Crippen MR) is 82.4 cm³/mol. The Morgan fingerprint density at radius 3 is 2.67 bits per heavy atom. The van der Waals surface area contributed by atoms with Crippen LogP contribution >= 0.6 is 0 Å². The Hall–Kier alpha value is -1.36. The molecule has 1 N–H and O–H groups in total. The number of carbonyl (C=O) groups is 1. The van der Waals surface area contributed by atoms with E-state index in [4.69, 9.17) is 0 Å². The topological polar surface area (TPSA) is 50.2 Å². The van der Waals surface area contributed by atoms with Crippen molar-refractivity contribution >= 4 is 5.91 Å². The summed E-state index contributed by atoms with van der Waals surface area (Å²) in [6.07, 6.45) is 3.51. The Labute approximate surface area is 126 Å². The molecule has 5 heteroatoms. The standard InChI is InChI=1S/C16H26N4O/c1-16(2,3)14-9-13(19(4)18-14)15(21)20-8-7-11-5-6-12(10-20)17-11/h9,11-12,17H,5-8,10H2,1-4H3. The number of aromatic nitrogens is 2. The number of hydrogen-bond donors (Lipinski definition) is 1. The summed E-state index contributed by atoms with van der Waals surface area (Å²) >= 11 is 0. The summed E-state index contributed by atoms with van der Waals surface area (Å²) in [7, 11) is 1.87. The van der Waals surface area contributed by atoms with Gasteiger partial charge in [0.2, 0.25) is 0 Å². The van der Waals surface area contributed by atoms with Crippen molar-refractivity contribution in [2.24, 2.45) is 7.05 Å². The smallest absolute Gasteiger partial charge is 0.272 e. The largest absolute Gasteiger partial charge is 0.336 e. The molecule has 2 aliphatic heterocycles. The number of rotatable bonds is 1. The molecular formula is C16H26N4O. The number of nitrogens with one attached hydrogen (secondary N) is 1. The van der Waals surface area contributed by atoms with Gasteiger partial charge >= 0.3 is 0 Å². The highest BCUT2D eigenvalue weighted by molar-refractivity contribution is 5.92. The molecule has 2 unspecified atom stereocenters. The lowest BCUT2D eigenvalue weighted by Crippen LogP contribution is -2.39. The van der Waals surface area contributed by atoms with Crippen LogP contribution in [0.25, 0.3) is 0 Å². The molecule has 116 valence electrons.